The van der Waals surface area contributed by atoms with Crippen molar-refractivity contribution in [2.75, 3.05) is 6.54 Å². The highest BCUT2D eigenvalue weighted by Gasteiger charge is 2.31. The summed E-state index contributed by atoms with van der Waals surface area (Å²) in [4.78, 5) is 27.0. The molecule has 2 unspecified atom stereocenters. The van der Waals surface area contributed by atoms with Crippen LogP contribution in [0.25, 0.3) is 0 Å². The fourth-order valence-corrected chi connectivity index (χ4v) is 3.76. The van der Waals surface area contributed by atoms with Gasteiger partial charge in [0.15, 0.2) is 0 Å². The molecule has 1 heterocycles. The third kappa shape index (κ3) is 4.82. The Kier molecular flexibility index (Phi) is 6.40. The SMILES string of the molecule is CC(CC(=O)N1CCCC1c1ccc(Cl)c(Cl)c1)NC(=O)c1ccccc1. The molecule has 0 bridgehead atoms. The van der Waals surface area contributed by atoms with Crippen LogP contribution in [0.5, 0.6) is 0 Å². The van der Waals surface area contributed by atoms with Gasteiger partial charge in [0.1, 0.15) is 0 Å². The average molecular weight is 405 g/mol. The van der Waals surface area contributed by atoms with E-state index in [1.54, 1.807) is 18.2 Å². The summed E-state index contributed by atoms with van der Waals surface area (Å²) in [5.74, 6) is -0.136. The Bertz CT molecular complexity index is 826. The van der Waals surface area contributed by atoms with E-state index in [1.165, 1.54) is 0 Å². The summed E-state index contributed by atoms with van der Waals surface area (Å²) >= 11 is 12.1. The van der Waals surface area contributed by atoms with Crippen LogP contribution < -0.4 is 5.32 Å². The van der Waals surface area contributed by atoms with Gasteiger partial charge in [0.05, 0.1) is 16.1 Å². The number of hydrogen-bond donors (Lipinski definition) is 1. The predicted molar refractivity (Wildman–Crippen MR) is 108 cm³/mol. The lowest BCUT2D eigenvalue weighted by Gasteiger charge is -2.27. The summed E-state index contributed by atoms with van der Waals surface area (Å²) in [6, 6.07) is 14.3. The minimum absolute atomic E-state index is 0.00397. The van der Waals surface area contributed by atoms with Crippen LogP contribution in [0.2, 0.25) is 10.0 Å². The zero-order valence-corrected chi connectivity index (χ0v) is 16.6. The Balaban J connectivity index is 1.62. The summed E-state index contributed by atoms with van der Waals surface area (Å²) < 4.78 is 0. The first kappa shape index (κ1) is 19.7. The second kappa shape index (κ2) is 8.77. The van der Waals surface area contributed by atoms with Gasteiger partial charge in [0.2, 0.25) is 5.91 Å². The van der Waals surface area contributed by atoms with Crippen molar-refractivity contribution in [3.8, 4) is 0 Å². The molecule has 3 rings (SSSR count). The molecule has 0 aromatic heterocycles. The monoisotopic (exact) mass is 404 g/mol. The van der Waals surface area contributed by atoms with Crippen LogP contribution in [0.3, 0.4) is 0 Å². The molecule has 27 heavy (non-hydrogen) atoms. The van der Waals surface area contributed by atoms with E-state index in [4.69, 9.17) is 23.2 Å². The Hall–Kier alpha value is -2.04. The number of halogens is 2. The van der Waals surface area contributed by atoms with Gasteiger partial charge in [0.25, 0.3) is 5.91 Å². The Morgan fingerprint density at radius 3 is 2.59 bits per heavy atom. The molecule has 4 nitrogen and oxygen atoms in total. The molecule has 2 amide bonds. The lowest BCUT2D eigenvalue weighted by Crippen LogP contribution is -2.39. The van der Waals surface area contributed by atoms with Crippen LogP contribution in [0, 0.1) is 0 Å². The van der Waals surface area contributed by atoms with E-state index in [9.17, 15) is 9.59 Å². The number of nitrogens with one attached hydrogen (secondary N) is 1. The second-order valence-electron chi connectivity index (χ2n) is 6.86. The van der Waals surface area contributed by atoms with Gasteiger partial charge in [-0.25, -0.2) is 0 Å². The Labute approximate surface area is 169 Å². The van der Waals surface area contributed by atoms with E-state index in [0.717, 1.165) is 18.4 Å². The van der Waals surface area contributed by atoms with Crippen LogP contribution in [-0.4, -0.2) is 29.3 Å². The standard InChI is InChI=1S/C21H22Cl2N2O2/c1-14(24-21(27)15-6-3-2-4-7-15)12-20(26)25-11-5-8-19(25)16-9-10-17(22)18(23)13-16/h2-4,6-7,9-10,13-14,19H,5,8,11-12H2,1H3,(H,24,27). The molecule has 6 heteroatoms. The van der Waals surface area contributed by atoms with E-state index >= 15 is 0 Å². The van der Waals surface area contributed by atoms with Crippen LogP contribution in [0.4, 0.5) is 0 Å². The van der Waals surface area contributed by atoms with E-state index in [2.05, 4.69) is 5.32 Å². The molecule has 0 spiro atoms. The molecule has 1 N–H and O–H groups in total. The smallest absolute Gasteiger partial charge is 0.251 e. The molecular weight excluding hydrogens is 383 g/mol. The molecule has 2 aromatic carbocycles. The van der Waals surface area contributed by atoms with Gasteiger partial charge < -0.3 is 10.2 Å². The molecule has 1 fully saturated rings. The normalized spacial score (nSPS) is 17.6. The summed E-state index contributed by atoms with van der Waals surface area (Å²) in [6.45, 7) is 2.56. The van der Waals surface area contributed by atoms with Crippen molar-refractivity contribution >= 4 is 35.0 Å². The lowest BCUT2D eigenvalue weighted by atomic mass is 10.0. The van der Waals surface area contributed by atoms with E-state index in [0.29, 0.717) is 22.2 Å². The van der Waals surface area contributed by atoms with Crippen molar-refractivity contribution in [1.29, 1.82) is 0 Å². The molecule has 2 atom stereocenters. The maximum absolute atomic E-state index is 12.8. The summed E-state index contributed by atoms with van der Waals surface area (Å²) in [7, 11) is 0. The fraction of sp³-hybridized carbons (Fsp3) is 0.333. The predicted octanol–water partition coefficient (Wildman–Crippen LogP) is 4.87. The molecule has 1 aliphatic rings. The molecule has 1 aliphatic heterocycles. The van der Waals surface area contributed by atoms with Gasteiger partial charge in [-0.3, -0.25) is 9.59 Å². The fourth-order valence-electron chi connectivity index (χ4n) is 3.46. The molecule has 142 valence electrons. The highest BCUT2D eigenvalue weighted by Crippen LogP contribution is 2.35. The second-order valence-corrected chi connectivity index (χ2v) is 7.68. The van der Waals surface area contributed by atoms with Crippen LogP contribution in [-0.2, 0) is 4.79 Å². The van der Waals surface area contributed by atoms with Crippen molar-refractivity contribution in [1.82, 2.24) is 10.2 Å². The van der Waals surface area contributed by atoms with Gasteiger partial charge in [-0.15, -0.1) is 0 Å². The van der Waals surface area contributed by atoms with Crippen molar-refractivity contribution in [3.63, 3.8) is 0 Å². The Morgan fingerprint density at radius 2 is 1.89 bits per heavy atom. The third-order valence-electron chi connectivity index (χ3n) is 4.80. The number of rotatable bonds is 5. The first-order valence-electron chi connectivity index (χ1n) is 9.06. The van der Waals surface area contributed by atoms with Gasteiger partial charge in [-0.1, -0.05) is 47.5 Å². The molecular formula is C21H22Cl2N2O2. The zero-order chi connectivity index (χ0) is 19.4. The zero-order valence-electron chi connectivity index (χ0n) is 15.1. The number of hydrogen-bond acceptors (Lipinski definition) is 2. The van der Waals surface area contributed by atoms with Crippen molar-refractivity contribution in [2.45, 2.75) is 38.3 Å². The largest absolute Gasteiger partial charge is 0.349 e. The third-order valence-corrected chi connectivity index (χ3v) is 5.53. The van der Waals surface area contributed by atoms with Gasteiger partial charge in [0, 0.05) is 24.6 Å². The maximum atomic E-state index is 12.8. The van der Waals surface area contributed by atoms with Crippen LogP contribution in [0.15, 0.2) is 48.5 Å². The summed E-state index contributed by atoms with van der Waals surface area (Å²) in [5, 5.41) is 3.90. The van der Waals surface area contributed by atoms with Crippen LogP contribution >= 0.6 is 23.2 Å². The molecule has 0 aliphatic carbocycles. The molecule has 1 saturated heterocycles. The van der Waals surface area contributed by atoms with Crippen molar-refractivity contribution in [2.24, 2.45) is 0 Å². The minimum Gasteiger partial charge on any atom is -0.349 e. The molecule has 2 aromatic rings. The van der Waals surface area contributed by atoms with E-state index in [-0.39, 0.29) is 30.3 Å². The number of nitrogens with zero attached hydrogens (tertiary/aromatic N) is 1. The highest BCUT2D eigenvalue weighted by atomic mass is 35.5. The minimum atomic E-state index is -0.250. The summed E-state index contributed by atoms with van der Waals surface area (Å²) in [6.07, 6.45) is 2.10. The first-order valence-corrected chi connectivity index (χ1v) is 9.81. The lowest BCUT2D eigenvalue weighted by molar-refractivity contribution is -0.132. The number of amides is 2. The number of carbonyl (C=O) groups excluding carboxylic acids is 2. The van der Waals surface area contributed by atoms with Gasteiger partial charge in [-0.05, 0) is 49.6 Å². The summed E-state index contributed by atoms with van der Waals surface area (Å²) in [5.41, 5.74) is 1.59. The van der Waals surface area contributed by atoms with Crippen molar-refractivity contribution in [3.05, 3.63) is 69.7 Å². The maximum Gasteiger partial charge on any atom is 0.251 e. The van der Waals surface area contributed by atoms with E-state index < -0.39 is 0 Å². The van der Waals surface area contributed by atoms with E-state index in [1.807, 2.05) is 42.2 Å². The number of carbonyl (C=O) groups is 2. The highest BCUT2D eigenvalue weighted by molar-refractivity contribution is 6.42. The topological polar surface area (TPSA) is 49.4 Å². The van der Waals surface area contributed by atoms with Gasteiger partial charge >= 0.3 is 0 Å². The Morgan fingerprint density at radius 1 is 1.15 bits per heavy atom. The van der Waals surface area contributed by atoms with Crippen LogP contribution in [0.1, 0.15) is 48.1 Å². The first-order chi connectivity index (χ1) is 13.0. The van der Waals surface area contributed by atoms with Gasteiger partial charge in [-0.2, -0.15) is 0 Å². The number of benzene rings is 2. The quantitative estimate of drug-likeness (QED) is 0.772. The molecule has 0 radical (unpaired) electrons. The average Bonchev–Trinajstić information content (AvgIpc) is 3.14. The van der Waals surface area contributed by atoms with Crippen molar-refractivity contribution < 1.29 is 9.59 Å². The number of likely N-dealkylation sites (tertiary alicyclic amines) is 1. The molecule has 0 saturated carbocycles.